The smallest absolute Gasteiger partial charge is 0.283 e. The minimum absolute atomic E-state index is 0.0396. The van der Waals surface area contributed by atoms with Gasteiger partial charge in [0, 0.05) is 17.1 Å². The number of hydrogen-bond donors (Lipinski definition) is 1. The zero-order chi connectivity index (χ0) is 23.4. The van der Waals surface area contributed by atoms with E-state index in [4.69, 9.17) is 5.41 Å². The zero-order valence-corrected chi connectivity index (χ0v) is 19.4. The molecule has 2 aliphatic heterocycles. The fraction of sp³-hybridized carbons (Fsp3) is 0.238. The molecule has 1 aromatic heterocycles. The molecule has 0 radical (unpaired) electrons. The summed E-state index contributed by atoms with van der Waals surface area (Å²) in [7, 11) is -3.78. The number of aromatic nitrogens is 1. The molecule has 2 aromatic rings. The first kappa shape index (κ1) is 22.2. The van der Waals surface area contributed by atoms with Crippen molar-refractivity contribution in [1.82, 2.24) is 9.47 Å². The lowest BCUT2D eigenvalue weighted by Gasteiger charge is -2.25. The second kappa shape index (κ2) is 7.82. The van der Waals surface area contributed by atoms with Crippen molar-refractivity contribution >= 4 is 49.9 Å². The first-order valence-electron chi connectivity index (χ1n) is 9.70. The van der Waals surface area contributed by atoms with E-state index in [9.17, 15) is 17.6 Å². The van der Waals surface area contributed by atoms with Crippen LogP contribution in [0, 0.1) is 25.1 Å². The maximum Gasteiger partial charge on any atom is 0.283 e. The first-order valence-corrected chi connectivity index (χ1v) is 12.0. The molecule has 0 spiro atoms. The lowest BCUT2D eigenvalue weighted by Crippen LogP contribution is -2.46. The van der Waals surface area contributed by atoms with Crippen LogP contribution in [0.2, 0.25) is 0 Å². The minimum atomic E-state index is -3.78. The number of hydrogen-bond acceptors (Lipinski definition) is 6. The topological polar surface area (TPSA) is 108 Å². The summed E-state index contributed by atoms with van der Waals surface area (Å²) in [5, 5.41) is 7.58. The molecule has 0 saturated heterocycles. The molecule has 0 unspecified atom stereocenters. The number of carbonyl (C=O) groups is 1. The van der Waals surface area contributed by atoms with Crippen molar-refractivity contribution in [3.8, 4) is 5.69 Å². The fourth-order valence-electron chi connectivity index (χ4n) is 3.47. The highest BCUT2D eigenvalue weighted by molar-refractivity contribution is 8.16. The second-order valence-electron chi connectivity index (χ2n) is 7.64. The molecule has 4 rings (SSSR count). The van der Waals surface area contributed by atoms with Crippen LogP contribution < -0.4 is 0 Å². The van der Waals surface area contributed by atoms with E-state index < -0.39 is 21.0 Å². The summed E-state index contributed by atoms with van der Waals surface area (Å²) >= 11 is 0.764. The van der Waals surface area contributed by atoms with Crippen molar-refractivity contribution in [2.24, 2.45) is 9.39 Å². The van der Waals surface area contributed by atoms with Crippen molar-refractivity contribution in [2.45, 2.75) is 32.9 Å². The molecule has 2 aliphatic rings. The summed E-state index contributed by atoms with van der Waals surface area (Å²) in [4.78, 5) is 17.7. The Morgan fingerprint density at radius 1 is 1.19 bits per heavy atom. The lowest BCUT2D eigenvalue weighted by molar-refractivity contribution is -0.114. The maximum atomic E-state index is 13.3. The predicted molar refractivity (Wildman–Crippen MR) is 124 cm³/mol. The molecule has 32 heavy (non-hydrogen) atoms. The zero-order valence-electron chi connectivity index (χ0n) is 17.7. The number of fused-ring (bicyclic) bond motifs is 1. The number of nitrogens with one attached hydrogen (secondary N) is 1. The van der Waals surface area contributed by atoms with Crippen molar-refractivity contribution < 1.29 is 17.6 Å². The predicted octanol–water partition coefficient (Wildman–Crippen LogP) is 3.63. The van der Waals surface area contributed by atoms with Crippen LogP contribution in [0.25, 0.3) is 11.8 Å². The van der Waals surface area contributed by atoms with Crippen LogP contribution >= 0.6 is 11.9 Å². The van der Waals surface area contributed by atoms with Gasteiger partial charge in [-0.15, -0.1) is 0 Å². The maximum absolute atomic E-state index is 13.3. The SMILES string of the molecule is Cc1cc(/C=C2/C(=N)N3C(=NC2=O)SN=C3S(=O)(=O)C(C)C)c(C)n1-c1ccc(F)cc1. The van der Waals surface area contributed by atoms with Crippen LogP contribution in [0.1, 0.15) is 30.8 Å². The summed E-state index contributed by atoms with van der Waals surface area (Å²) < 4.78 is 44.6. The van der Waals surface area contributed by atoms with Crippen LogP contribution in [0.15, 0.2) is 45.3 Å². The molecule has 0 bridgehead atoms. The van der Waals surface area contributed by atoms with Gasteiger partial charge in [0.1, 0.15) is 11.7 Å². The van der Waals surface area contributed by atoms with Crippen molar-refractivity contribution in [2.75, 3.05) is 0 Å². The van der Waals surface area contributed by atoms with Crippen molar-refractivity contribution in [3.63, 3.8) is 0 Å². The number of amidine groups is 3. The van der Waals surface area contributed by atoms with Crippen LogP contribution in [0.4, 0.5) is 4.39 Å². The average molecular weight is 474 g/mol. The Balaban J connectivity index is 1.77. The Morgan fingerprint density at radius 2 is 1.84 bits per heavy atom. The van der Waals surface area contributed by atoms with Crippen molar-refractivity contribution in [3.05, 3.63) is 58.7 Å². The Labute approximate surface area is 189 Å². The van der Waals surface area contributed by atoms with Gasteiger partial charge in [-0.25, -0.2) is 17.7 Å². The Bertz CT molecular complexity index is 1350. The third kappa shape index (κ3) is 3.51. The van der Waals surface area contributed by atoms with Gasteiger partial charge in [-0.2, -0.15) is 9.39 Å². The second-order valence-corrected chi connectivity index (χ2v) is 10.8. The standard InChI is InChI=1S/C21H20FN5O3S2/c1-11(2)32(29,30)21-25-31-20-24-19(28)17(18(23)27(20)21)10-14-9-12(3)26(13(14)4)16-7-5-15(22)6-8-16/h5-11,23H,1-4H3/b17-10-,23-18?. The molecule has 0 fully saturated rings. The average Bonchev–Trinajstić information content (AvgIpc) is 3.27. The van der Waals surface area contributed by atoms with E-state index in [1.807, 2.05) is 24.5 Å². The molecular weight excluding hydrogens is 453 g/mol. The van der Waals surface area contributed by atoms with Crippen LogP contribution in [0.5, 0.6) is 0 Å². The quantitative estimate of drug-likeness (QED) is 0.541. The number of sulfone groups is 1. The number of aryl methyl sites for hydroxylation is 1. The summed E-state index contributed by atoms with van der Waals surface area (Å²) in [6.07, 6.45) is 1.52. The van der Waals surface area contributed by atoms with Gasteiger partial charge in [0.2, 0.25) is 20.2 Å². The molecule has 166 valence electrons. The van der Waals surface area contributed by atoms with Gasteiger partial charge in [-0.3, -0.25) is 10.2 Å². The Morgan fingerprint density at radius 3 is 2.47 bits per heavy atom. The summed E-state index contributed by atoms with van der Waals surface area (Å²) in [5.74, 6) is -1.27. The van der Waals surface area contributed by atoms with Gasteiger partial charge in [0.25, 0.3) is 5.91 Å². The number of carbonyl (C=O) groups excluding carboxylic acids is 1. The number of halogens is 1. The van der Waals surface area contributed by atoms with Gasteiger partial charge in [0.15, 0.2) is 0 Å². The van der Waals surface area contributed by atoms with E-state index in [1.165, 1.54) is 32.1 Å². The summed E-state index contributed by atoms with van der Waals surface area (Å²) in [6.45, 7) is 6.77. The van der Waals surface area contributed by atoms with Gasteiger partial charge in [-0.1, -0.05) is 0 Å². The Kier molecular flexibility index (Phi) is 5.41. The number of benzene rings is 1. The monoisotopic (exact) mass is 473 g/mol. The molecule has 0 saturated carbocycles. The van der Waals surface area contributed by atoms with Gasteiger partial charge in [0.05, 0.1) is 22.8 Å². The molecule has 1 aromatic carbocycles. The molecule has 0 atom stereocenters. The van der Waals surface area contributed by atoms with E-state index >= 15 is 0 Å². The van der Waals surface area contributed by atoms with Crippen LogP contribution in [0.3, 0.4) is 0 Å². The van der Waals surface area contributed by atoms with Crippen molar-refractivity contribution in [1.29, 1.82) is 5.41 Å². The van der Waals surface area contributed by atoms with Gasteiger partial charge < -0.3 is 4.57 Å². The van der Waals surface area contributed by atoms with E-state index in [0.29, 0.717) is 5.56 Å². The largest absolute Gasteiger partial charge is 0.318 e. The minimum Gasteiger partial charge on any atom is -0.318 e. The molecule has 11 heteroatoms. The summed E-state index contributed by atoms with van der Waals surface area (Å²) in [5.41, 5.74) is 3.00. The van der Waals surface area contributed by atoms with Gasteiger partial charge in [-0.05, 0) is 69.7 Å². The molecule has 1 amide bonds. The number of rotatable bonds is 3. The van der Waals surface area contributed by atoms with E-state index in [1.54, 1.807) is 12.1 Å². The third-order valence-electron chi connectivity index (χ3n) is 5.22. The fourth-order valence-corrected chi connectivity index (χ4v) is 5.53. The molecule has 0 aliphatic carbocycles. The van der Waals surface area contributed by atoms with E-state index in [0.717, 1.165) is 33.9 Å². The Hall–Kier alpha value is -3.05. The number of nitrogens with zero attached hydrogens (tertiary/aromatic N) is 4. The van der Waals surface area contributed by atoms with Crippen LogP contribution in [-0.2, 0) is 14.6 Å². The summed E-state index contributed by atoms with van der Waals surface area (Å²) in [6, 6.07) is 7.87. The van der Waals surface area contributed by atoms with Gasteiger partial charge >= 0.3 is 0 Å². The highest BCUT2D eigenvalue weighted by Gasteiger charge is 2.43. The molecule has 8 nitrogen and oxygen atoms in total. The molecular formula is C21H20FN5O3S2. The highest BCUT2D eigenvalue weighted by Crippen LogP contribution is 2.32. The number of amides is 1. The van der Waals surface area contributed by atoms with E-state index in [2.05, 4.69) is 9.39 Å². The lowest BCUT2D eigenvalue weighted by atomic mass is 10.1. The molecule has 1 N–H and O–H groups in total. The third-order valence-corrected chi connectivity index (χ3v) is 8.07. The van der Waals surface area contributed by atoms with Crippen LogP contribution in [-0.4, -0.2) is 45.2 Å². The normalized spacial score (nSPS) is 17.8. The number of aliphatic imine (C=N–C) groups is 1. The first-order chi connectivity index (χ1) is 15.0. The molecule has 3 heterocycles. The van der Waals surface area contributed by atoms with E-state index in [-0.39, 0.29) is 27.6 Å². The highest BCUT2D eigenvalue weighted by atomic mass is 32.2.